The molecule has 1 atom stereocenters. The zero-order valence-electron chi connectivity index (χ0n) is 6.68. The Bertz CT molecular complexity index is 150. The predicted molar refractivity (Wildman–Crippen MR) is 44.2 cm³/mol. The van der Waals surface area contributed by atoms with Crippen molar-refractivity contribution in [3.63, 3.8) is 0 Å². The van der Waals surface area contributed by atoms with Crippen molar-refractivity contribution in [1.82, 2.24) is 5.32 Å². The second-order valence-corrected chi connectivity index (χ2v) is 3.13. The van der Waals surface area contributed by atoms with Crippen LogP contribution in [0.25, 0.3) is 0 Å². The molecule has 0 aromatic carbocycles. The average Bonchev–Trinajstić information content (AvgIpc) is 2.58. The zero-order chi connectivity index (χ0) is 7.52. The number of hydrogen-bond donors (Lipinski definition) is 1. The summed E-state index contributed by atoms with van der Waals surface area (Å²) >= 11 is 0. The molecule has 2 aliphatic heterocycles. The van der Waals surface area contributed by atoms with Crippen molar-refractivity contribution in [2.24, 2.45) is 0 Å². The van der Waals surface area contributed by atoms with E-state index >= 15 is 0 Å². The molecule has 0 saturated carbocycles. The van der Waals surface area contributed by atoms with Crippen LogP contribution in [0.5, 0.6) is 0 Å². The molecule has 2 heterocycles. The molecule has 0 aromatic heterocycles. The van der Waals surface area contributed by atoms with Gasteiger partial charge >= 0.3 is 0 Å². The van der Waals surface area contributed by atoms with Crippen LogP contribution >= 0.6 is 0 Å². The summed E-state index contributed by atoms with van der Waals surface area (Å²) in [4.78, 5) is 0. The summed E-state index contributed by atoms with van der Waals surface area (Å²) in [6.45, 7) is 2.83. The highest BCUT2D eigenvalue weighted by molar-refractivity contribution is 5.10. The van der Waals surface area contributed by atoms with Crippen LogP contribution in [0.1, 0.15) is 12.8 Å². The fourth-order valence-corrected chi connectivity index (χ4v) is 1.67. The molecule has 2 nitrogen and oxygen atoms in total. The van der Waals surface area contributed by atoms with Gasteiger partial charge in [-0.15, -0.1) is 0 Å². The van der Waals surface area contributed by atoms with Crippen molar-refractivity contribution in [3.05, 3.63) is 18.1 Å². The molecule has 1 fully saturated rings. The summed E-state index contributed by atoms with van der Waals surface area (Å²) in [5, 5.41) is 3.46. The lowest BCUT2D eigenvalue weighted by Gasteiger charge is -2.23. The standard InChI is InChI=1S/C9H14NO/c1-2-5-10-9(3-1)8-4-6-11-7-8/h1-2,9-10H,3-7H2. The highest BCUT2D eigenvalue weighted by Crippen LogP contribution is 2.22. The highest BCUT2D eigenvalue weighted by Gasteiger charge is 2.25. The Morgan fingerprint density at radius 3 is 3.09 bits per heavy atom. The van der Waals surface area contributed by atoms with Crippen molar-refractivity contribution in [3.8, 4) is 0 Å². The maximum absolute atomic E-state index is 5.31. The molecule has 2 heteroatoms. The first-order valence-electron chi connectivity index (χ1n) is 4.27. The minimum Gasteiger partial charge on any atom is -0.381 e. The van der Waals surface area contributed by atoms with Gasteiger partial charge in [0.1, 0.15) is 0 Å². The van der Waals surface area contributed by atoms with Gasteiger partial charge < -0.3 is 10.1 Å². The molecule has 0 amide bonds. The molecule has 0 spiro atoms. The molecule has 1 radical (unpaired) electrons. The van der Waals surface area contributed by atoms with Gasteiger partial charge in [0.25, 0.3) is 0 Å². The lowest BCUT2D eigenvalue weighted by Crippen LogP contribution is -2.37. The lowest BCUT2D eigenvalue weighted by molar-refractivity contribution is 0.198. The minimum atomic E-state index is 0.600. The Morgan fingerprint density at radius 2 is 2.45 bits per heavy atom. The normalized spacial score (nSPS) is 32.9. The van der Waals surface area contributed by atoms with Crippen LogP contribution in [0, 0.1) is 5.92 Å². The smallest absolute Gasteiger partial charge is 0.0545 e. The van der Waals surface area contributed by atoms with E-state index < -0.39 is 0 Å². The van der Waals surface area contributed by atoms with Crippen LogP contribution in [-0.4, -0.2) is 25.8 Å². The third-order valence-electron chi connectivity index (χ3n) is 2.37. The van der Waals surface area contributed by atoms with Crippen LogP contribution in [-0.2, 0) is 4.74 Å². The molecule has 1 saturated heterocycles. The van der Waals surface area contributed by atoms with Gasteiger partial charge in [0.2, 0.25) is 0 Å². The fraction of sp³-hybridized carbons (Fsp3) is 0.667. The molecule has 0 aromatic rings. The molecule has 1 N–H and O–H groups in total. The van der Waals surface area contributed by atoms with E-state index in [1.165, 1.54) is 0 Å². The molecular formula is C9H14NO. The van der Waals surface area contributed by atoms with Crippen molar-refractivity contribution in [2.75, 3.05) is 19.8 Å². The summed E-state index contributed by atoms with van der Waals surface area (Å²) in [6.07, 6.45) is 6.75. The van der Waals surface area contributed by atoms with E-state index in [9.17, 15) is 0 Å². The van der Waals surface area contributed by atoms with Crippen LogP contribution in [0.15, 0.2) is 12.2 Å². The van der Waals surface area contributed by atoms with Gasteiger partial charge in [-0.1, -0.05) is 12.2 Å². The number of rotatable bonds is 1. The Morgan fingerprint density at radius 1 is 1.45 bits per heavy atom. The van der Waals surface area contributed by atoms with E-state index in [1.54, 1.807) is 5.92 Å². The zero-order valence-corrected chi connectivity index (χ0v) is 6.68. The first-order valence-corrected chi connectivity index (χ1v) is 4.27. The van der Waals surface area contributed by atoms with Gasteiger partial charge in [0.15, 0.2) is 0 Å². The number of ether oxygens (including phenoxy) is 1. The van der Waals surface area contributed by atoms with Gasteiger partial charge in [0, 0.05) is 25.1 Å². The summed E-state index contributed by atoms with van der Waals surface area (Å²) < 4.78 is 5.31. The molecule has 2 rings (SSSR count). The van der Waals surface area contributed by atoms with E-state index in [0.29, 0.717) is 6.04 Å². The summed E-state index contributed by atoms with van der Waals surface area (Å²) in [7, 11) is 0. The van der Waals surface area contributed by atoms with Crippen molar-refractivity contribution in [1.29, 1.82) is 0 Å². The quantitative estimate of drug-likeness (QED) is 0.564. The lowest BCUT2D eigenvalue weighted by atomic mass is 9.94. The molecular weight excluding hydrogens is 138 g/mol. The maximum Gasteiger partial charge on any atom is 0.0545 e. The third-order valence-corrected chi connectivity index (χ3v) is 2.37. The van der Waals surface area contributed by atoms with Gasteiger partial charge in [-0.25, -0.2) is 0 Å². The van der Waals surface area contributed by atoms with Crippen LogP contribution in [0.4, 0.5) is 0 Å². The monoisotopic (exact) mass is 152 g/mol. The van der Waals surface area contributed by atoms with E-state index in [0.717, 1.165) is 32.6 Å². The SMILES string of the molecule is C1=CCC([C]2CCOC2)NC1. The second-order valence-electron chi connectivity index (χ2n) is 3.13. The topological polar surface area (TPSA) is 21.3 Å². The second kappa shape index (κ2) is 3.37. The van der Waals surface area contributed by atoms with Crippen LogP contribution in [0.2, 0.25) is 0 Å². The predicted octanol–water partition coefficient (Wildman–Crippen LogP) is 0.899. The van der Waals surface area contributed by atoms with Gasteiger partial charge in [-0.05, 0) is 12.8 Å². The molecule has 0 bridgehead atoms. The van der Waals surface area contributed by atoms with Gasteiger partial charge in [-0.3, -0.25) is 0 Å². The first-order chi connectivity index (χ1) is 5.47. The highest BCUT2D eigenvalue weighted by atomic mass is 16.5. The van der Waals surface area contributed by atoms with E-state index in [1.807, 2.05) is 0 Å². The molecule has 1 unspecified atom stereocenters. The van der Waals surface area contributed by atoms with E-state index in [-0.39, 0.29) is 0 Å². The maximum atomic E-state index is 5.31. The van der Waals surface area contributed by atoms with Crippen LogP contribution < -0.4 is 5.32 Å². The van der Waals surface area contributed by atoms with E-state index in [4.69, 9.17) is 4.74 Å². The van der Waals surface area contributed by atoms with Crippen molar-refractivity contribution < 1.29 is 4.74 Å². The van der Waals surface area contributed by atoms with Gasteiger partial charge in [-0.2, -0.15) is 0 Å². The minimum absolute atomic E-state index is 0.600. The summed E-state index contributed by atoms with van der Waals surface area (Å²) in [5.41, 5.74) is 0. The van der Waals surface area contributed by atoms with Gasteiger partial charge in [0.05, 0.1) is 6.61 Å². The van der Waals surface area contributed by atoms with Crippen molar-refractivity contribution in [2.45, 2.75) is 18.9 Å². The Balaban J connectivity index is 1.88. The number of hydrogen-bond acceptors (Lipinski definition) is 2. The largest absolute Gasteiger partial charge is 0.381 e. The van der Waals surface area contributed by atoms with Crippen molar-refractivity contribution >= 4 is 0 Å². The average molecular weight is 152 g/mol. The number of nitrogens with one attached hydrogen (secondary N) is 1. The summed E-state index contributed by atoms with van der Waals surface area (Å²) in [5.74, 6) is 1.55. The fourth-order valence-electron chi connectivity index (χ4n) is 1.67. The Hall–Kier alpha value is -0.340. The molecule has 0 aliphatic carbocycles. The Kier molecular flexibility index (Phi) is 2.24. The summed E-state index contributed by atoms with van der Waals surface area (Å²) in [6, 6.07) is 0.600. The molecule has 11 heavy (non-hydrogen) atoms. The molecule has 2 aliphatic rings. The third kappa shape index (κ3) is 1.63. The molecule has 61 valence electrons. The Labute approximate surface area is 67.6 Å². The first kappa shape index (κ1) is 7.32. The van der Waals surface area contributed by atoms with E-state index in [2.05, 4.69) is 17.5 Å². The van der Waals surface area contributed by atoms with Crippen LogP contribution in [0.3, 0.4) is 0 Å².